The Morgan fingerprint density at radius 2 is 1.86 bits per heavy atom. The van der Waals surface area contributed by atoms with Crippen LogP contribution in [0.25, 0.3) is 0 Å². The van der Waals surface area contributed by atoms with Gasteiger partial charge in [0.15, 0.2) is 0 Å². The van der Waals surface area contributed by atoms with Crippen molar-refractivity contribution in [1.29, 1.82) is 0 Å². The maximum Gasteiger partial charge on any atom is 0.234 e. The third kappa shape index (κ3) is 8.34. The molecule has 1 amide bonds. The van der Waals surface area contributed by atoms with Crippen molar-refractivity contribution in [3.63, 3.8) is 0 Å². The fraction of sp³-hybridized carbons (Fsp3) is 0.562. The molecule has 1 aromatic rings. The van der Waals surface area contributed by atoms with Crippen molar-refractivity contribution in [2.45, 2.75) is 32.2 Å². The van der Waals surface area contributed by atoms with Crippen LogP contribution >= 0.6 is 24.2 Å². The van der Waals surface area contributed by atoms with Gasteiger partial charge in [-0.25, -0.2) is 0 Å². The van der Waals surface area contributed by atoms with E-state index >= 15 is 0 Å². The zero-order valence-electron chi connectivity index (χ0n) is 13.0. The molecule has 120 valence electrons. The number of rotatable bonds is 10. The van der Waals surface area contributed by atoms with Crippen molar-refractivity contribution < 1.29 is 4.79 Å². The van der Waals surface area contributed by atoms with Gasteiger partial charge in [-0.2, -0.15) is 11.8 Å². The number of nitrogens with two attached hydrogens (primary N) is 1. The second-order valence-electron chi connectivity index (χ2n) is 5.05. The van der Waals surface area contributed by atoms with Crippen LogP contribution in [0, 0.1) is 0 Å². The summed E-state index contributed by atoms with van der Waals surface area (Å²) in [5.41, 5.74) is 6.79. The Balaban J connectivity index is 0.00000400. The zero-order valence-corrected chi connectivity index (χ0v) is 14.6. The molecule has 0 aromatic heterocycles. The molecule has 1 rings (SSSR count). The Bertz CT molecular complexity index is 389. The number of hydrogen-bond acceptors (Lipinski definition) is 3. The van der Waals surface area contributed by atoms with E-state index in [0.717, 1.165) is 38.1 Å². The predicted molar refractivity (Wildman–Crippen MR) is 95.2 cm³/mol. The van der Waals surface area contributed by atoms with E-state index < -0.39 is 0 Å². The molecule has 1 aromatic carbocycles. The lowest BCUT2D eigenvalue weighted by atomic mass is 10.1. The Hall–Kier alpha value is -0.710. The van der Waals surface area contributed by atoms with Crippen molar-refractivity contribution in [2.75, 3.05) is 25.1 Å². The standard InChI is InChI=1S/C16H26N2OS.ClH/c1-14(16(17)19)18(12-7-13-20-2)11-6-10-15-8-4-3-5-9-15;/h3-5,8-9,14H,6-7,10-13H2,1-2H3,(H2,17,19);1H/t14-;/m1./s1. The van der Waals surface area contributed by atoms with Crippen LogP contribution in [0.15, 0.2) is 30.3 Å². The summed E-state index contributed by atoms with van der Waals surface area (Å²) in [6.45, 7) is 3.77. The Kier molecular flexibility index (Phi) is 11.5. The molecule has 0 saturated heterocycles. The quantitative estimate of drug-likeness (QED) is 0.671. The van der Waals surface area contributed by atoms with E-state index in [9.17, 15) is 4.79 Å². The van der Waals surface area contributed by atoms with E-state index in [1.54, 1.807) is 0 Å². The number of carbonyl (C=O) groups is 1. The highest BCUT2D eigenvalue weighted by atomic mass is 35.5. The van der Waals surface area contributed by atoms with Gasteiger partial charge < -0.3 is 5.73 Å². The van der Waals surface area contributed by atoms with Crippen LogP contribution in [0.3, 0.4) is 0 Å². The van der Waals surface area contributed by atoms with Crippen molar-refractivity contribution in [1.82, 2.24) is 4.90 Å². The molecule has 0 fully saturated rings. The van der Waals surface area contributed by atoms with Crippen LogP contribution in [0.1, 0.15) is 25.3 Å². The SMILES string of the molecule is CSCCCN(CCCc1ccccc1)[C@H](C)C(N)=O.Cl. The van der Waals surface area contributed by atoms with Crippen molar-refractivity contribution in [3.05, 3.63) is 35.9 Å². The molecule has 0 saturated carbocycles. The summed E-state index contributed by atoms with van der Waals surface area (Å²) < 4.78 is 0. The molecule has 0 spiro atoms. The zero-order chi connectivity index (χ0) is 14.8. The van der Waals surface area contributed by atoms with E-state index in [2.05, 4.69) is 35.4 Å². The smallest absolute Gasteiger partial charge is 0.234 e. The molecule has 1 atom stereocenters. The van der Waals surface area contributed by atoms with Crippen LogP contribution in [0.2, 0.25) is 0 Å². The van der Waals surface area contributed by atoms with Gasteiger partial charge in [0.05, 0.1) is 6.04 Å². The summed E-state index contributed by atoms with van der Waals surface area (Å²) in [7, 11) is 0. The van der Waals surface area contributed by atoms with E-state index in [0.29, 0.717) is 0 Å². The topological polar surface area (TPSA) is 46.3 Å². The number of nitrogens with zero attached hydrogens (tertiary/aromatic N) is 1. The first kappa shape index (κ1) is 20.3. The largest absolute Gasteiger partial charge is 0.368 e. The van der Waals surface area contributed by atoms with Gasteiger partial charge in [-0.15, -0.1) is 12.4 Å². The number of primary amides is 1. The van der Waals surface area contributed by atoms with E-state index in [1.165, 1.54) is 5.56 Å². The number of hydrogen-bond donors (Lipinski definition) is 1. The molecule has 0 bridgehead atoms. The lowest BCUT2D eigenvalue weighted by molar-refractivity contribution is -0.122. The highest BCUT2D eigenvalue weighted by Gasteiger charge is 2.17. The minimum absolute atomic E-state index is 0. The highest BCUT2D eigenvalue weighted by Crippen LogP contribution is 2.08. The van der Waals surface area contributed by atoms with Crippen molar-refractivity contribution in [3.8, 4) is 0 Å². The van der Waals surface area contributed by atoms with E-state index in [4.69, 9.17) is 5.73 Å². The molecule has 2 N–H and O–H groups in total. The van der Waals surface area contributed by atoms with Crippen molar-refractivity contribution in [2.24, 2.45) is 5.73 Å². The van der Waals surface area contributed by atoms with Crippen molar-refractivity contribution >= 4 is 30.1 Å². The maximum atomic E-state index is 11.4. The second-order valence-corrected chi connectivity index (χ2v) is 6.04. The third-order valence-electron chi connectivity index (χ3n) is 3.51. The molecule has 3 nitrogen and oxygen atoms in total. The van der Waals surface area contributed by atoms with Gasteiger partial charge in [0.2, 0.25) is 5.91 Å². The van der Waals surface area contributed by atoms with E-state index in [1.807, 2.05) is 24.8 Å². The minimum Gasteiger partial charge on any atom is -0.368 e. The lowest BCUT2D eigenvalue weighted by Crippen LogP contribution is -2.43. The fourth-order valence-electron chi connectivity index (χ4n) is 2.22. The number of benzene rings is 1. The first-order chi connectivity index (χ1) is 9.65. The normalized spacial score (nSPS) is 12.0. The summed E-state index contributed by atoms with van der Waals surface area (Å²) in [5.74, 6) is 0.898. The van der Waals surface area contributed by atoms with Crippen LogP contribution in [-0.2, 0) is 11.2 Å². The Morgan fingerprint density at radius 3 is 2.43 bits per heavy atom. The third-order valence-corrected chi connectivity index (χ3v) is 4.20. The average molecular weight is 331 g/mol. The lowest BCUT2D eigenvalue weighted by Gasteiger charge is -2.26. The summed E-state index contributed by atoms with van der Waals surface area (Å²) in [4.78, 5) is 13.6. The van der Waals surface area contributed by atoms with Crippen LogP contribution in [0.4, 0.5) is 0 Å². The molecule has 0 radical (unpaired) electrons. The average Bonchev–Trinajstić information content (AvgIpc) is 2.46. The second kappa shape index (κ2) is 11.9. The summed E-state index contributed by atoms with van der Waals surface area (Å²) in [5, 5.41) is 0. The summed E-state index contributed by atoms with van der Waals surface area (Å²) >= 11 is 1.84. The van der Waals surface area contributed by atoms with Gasteiger partial charge in [-0.05, 0) is 56.8 Å². The van der Waals surface area contributed by atoms with Gasteiger partial charge in [0.25, 0.3) is 0 Å². The molecular weight excluding hydrogens is 304 g/mol. The molecule has 5 heteroatoms. The van der Waals surface area contributed by atoms with Gasteiger partial charge in [0.1, 0.15) is 0 Å². The molecule has 0 aliphatic carbocycles. The summed E-state index contributed by atoms with van der Waals surface area (Å²) in [6, 6.07) is 10.3. The number of aryl methyl sites for hydroxylation is 1. The van der Waals surface area contributed by atoms with Gasteiger partial charge >= 0.3 is 0 Å². The van der Waals surface area contributed by atoms with Crippen LogP contribution in [-0.4, -0.2) is 41.9 Å². The predicted octanol–water partition coefficient (Wildman–Crippen LogP) is 2.97. The highest BCUT2D eigenvalue weighted by molar-refractivity contribution is 7.98. The molecule has 0 aliphatic heterocycles. The first-order valence-corrected chi connectivity index (χ1v) is 8.60. The molecule has 0 aliphatic rings. The molecule has 0 heterocycles. The summed E-state index contributed by atoms with van der Waals surface area (Å²) in [6.07, 6.45) is 5.31. The van der Waals surface area contributed by atoms with Gasteiger partial charge in [-0.1, -0.05) is 30.3 Å². The molecule has 21 heavy (non-hydrogen) atoms. The van der Waals surface area contributed by atoms with Crippen LogP contribution in [0.5, 0.6) is 0 Å². The van der Waals surface area contributed by atoms with Gasteiger partial charge in [0, 0.05) is 0 Å². The van der Waals surface area contributed by atoms with Gasteiger partial charge in [-0.3, -0.25) is 9.69 Å². The first-order valence-electron chi connectivity index (χ1n) is 7.21. The Labute approximate surface area is 139 Å². The fourth-order valence-corrected chi connectivity index (χ4v) is 2.64. The number of thioether (sulfide) groups is 1. The minimum atomic E-state index is -0.228. The molecular formula is C16H27ClN2OS. The maximum absolute atomic E-state index is 11.4. The van der Waals surface area contributed by atoms with Crippen LogP contribution < -0.4 is 5.73 Å². The molecule has 0 unspecified atom stereocenters. The Morgan fingerprint density at radius 1 is 1.24 bits per heavy atom. The van der Waals surface area contributed by atoms with E-state index in [-0.39, 0.29) is 24.4 Å². The number of halogens is 1. The number of amides is 1. The monoisotopic (exact) mass is 330 g/mol. The number of carbonyl (C=O) groups excluding carboxylic acids is 1.